The molecule has 0 saturated carbocycles. The van der Waals surface area contributed by atoms with Crippen LogP contribution in [0.4, 0.5) is 0 Å². The van der Waals surface area contributed by atoms with E-state index in [0.29, 0.717) is 24.9 Å². The number of amides is 2. The smallest absolute Gasteiger partial charge is 0.227 e. The van der Waals surface area contributed by atoms with Crippen molar-refractivity contribution >= 4 is 33.9 Å². The second kappa shape index (κ2) is 15.9. The third-order valence-corrected chi connectivity index (χ3v) is 12.9. The van der Waals surface area contributed by atoms with Gasteiger partial charge in [-0.2, -0.15) is 0 Å². The molecule has 4 fully saturated rings. The molecule has 58 heavy (non-hydrogen) atoms. The van der Waals surface area contributed by atoms with Gasteiger partial charge < -0.3 is 19.8 Å². The highest BCUT2D eigenvalue weighted by Gasteiger charge is 2.42. The highest BCUT2D eigenvalue weighted by Crippen LogP contribution is 2.37. The van der Waals surface area contributed by atoms with Gasteiger partial charge in [0.1, 0.15) is 11.6 Å². The lowest BCUT2D eigenvalue weighted by Gasteiger charge is -2.24. The zero-order chi connectivity index (χ0) is 39.0. The lowest BCUT2D eigenvalue weighted by atomic mass is 10.1. The van der Waals surface area contributed by atoms with E-state index in [0.717, 1.165) is 108 Å². The summed E-state index contributed by atoms with van der Waals surface area (Å²) in [7, 11) is 0. The van der Waals surface area contributed by atoms with Gasteiger partial charge in [0.05, 0.1) is 47.0 Å². The van der Waals surface area contributed by atoms with Gasteiger partial charge in [-0.1, -0.05) is 72.5 Å². The molecule has 294 valence electrons. The molecule has 4 aromatic carbocycles. The predicted octanol–water partition coefficient (Wildman–Crippen LogP) is 6.80. The summed E-state index contributed by atoms with van der Waals surface area (Å²) in [6.45, 7) is 5.87. The Balaban J connectivity index is 0.873. The molecule has 0 spiro atoms. The lowest BCUT2D eigenvalue weighted by molar-refractivity contribution is -0.132. The predicted molar refractivity (Wildman–Crippen MR) is 226 cm³/mol. The number of nitrogens with zero attached hydrogens (tertiary/aromatic N) is 6. The third-order valence-electron chi connectivity index (χ3n) is 12.9. The molecule has 6 aromatic rings. The number of aromatic nitrogens is 4. The van der Waals surface area contributed by atoms with Crippen molar-refractivity contribution in [1.82, 2.24) is 39.5 Å². The molecule has 4 saturated heterocycles. The fourth-order valence-electron chi connectivity index (χ4n) is 9.85. The fourth-order valence-corrected chi connectivity index (χ4v) is 9.85. The number of benzene rings is 4. The number of likely N-dealkylation sites (tertiary alicyclic amines) is 4. The van der Waals surface area contributed by atoms with Crippen LogP contribution in [0, 0.1) is 11.8 Å². The summed E-state index contributed by atoms with van der Waals surface area (Å²) in [5.41, 5.74) is 7.41. The number of carbonyl (C=O) groups is 2. The van der Waals surface area contributed by atoms with Crippen molar-refractivity contribution in [2.45, 2.75) is 75.5 Å². The molecule has 0 bridgehead atoms. The van der Waals surface area contributed by atoms with Crippen molar-refractivity contribution in [2.24, 2.45) is 0 Å². The number of imidazole rings is 2. The first kappa shape index (κ1) is 36.6. The maximum atomic E-state index is 13.8. The van der Waals surface area contributed by atoms with Crippen LogP contribution in [0.5, 0.6) is 0 Å². The van der Waals surface area contributed by atoms with Crippen molar-refractivity contribution < 1.29 is 9.59 Å². The number of fused-ring (bicyclic) bond motifs is 2. The van der Waals surface area contributed by atoms with E-state index in [1.165, 1.54) is 25.7 Å². The van der Waals surface area contributed by atoms with Crippen molar-refractivity contribution in [3.63, 3.8) is 0 Å². The first-order valence-electron chi connectivity index (χ1n) is 21.2. The molecule has 0 aliphatic carbocycles. The summed E-state index contributed by atoms with van der Waals surface area (Å²) < 4.78 is 0. The SMILES string of the molecule is O=C(Cc1ccccc1)N1C[C@@H](N2CCCC2)C[C@H]1c1nc2cc(C#Cc3ccc4[nH]c([C@@H]5C[C@H](N6CCCC6)CN5C(=O)Cc5ccccc5)nc4c3)ccc2[nH]1. The van der Waals surface area contributed by atoms with Gasteiger partial charge in [0, 0.05) is 36.3 Å². The number of hydrogen-bond donors (Lipinski definition) is 2. The molecule has 4 atom stereocenters. The van der Waals surface area contributed by atoms with Gasteiger partial charge in [0.25, 0.3) is 0 Å². The van der Waals surface area contributed by atoms with Gasteiger partial charge in [0.2, 0.25) is 11.8 Å². The summed E-state index contributed by atoms with van der Waals surface area (Å²) in [5.74, 6) is 8.72. The van der Waals surface area contributed by atoms with Crippen LogP contribution in [0.2, 0.25) is 0 Å². The molecule has 2 N–H and O–H groups in total. The number of aromatic amines is 2. The highest BCUT2D eigenvalue weighted by molar-refractivity contribution is 5.82. The molecule has 10 rings (SSSR count). The second-order valence-electron chi connectivity index (χ2n) is 16.7. The van der Waals surface area contributed by atoms with Gasteiger partial charge in [-0.15, -0.1) is 0 Å². The second-order valence-corrected chi connectivity index (χ2v) is 16.7. The third kappa shape index (κ3) is 7.52. The van der Waals surface area contributed by atoms with Gasteiger partial charge in [-0.25, -0.2) is 9.97 Å². The van der Waals surface area contributed by atoms with Gasteiger partial charge >= 0.3 is 0 Å². The van der Waals surface area contributed by atoms with E-state index in [-0.39, 0.29) is 23.9 Å². The monoisotopic (exact) mass is 770 g/mol. The van der Waals surface area contributed by atoms with Gasteiger partial charge in [-0.05, 0) is 112 Å². The summed E-state index contributed by atoms with van der Waals surface area (Å²) in [6, 6.07) is 32.8. The minimum Gasteiger partial charge on any atom is -0.340 e. The van der Waals surface area contributed by atoms with E-state index in [1.54, 1.807) is 0 Å². The molecule has 10 nitrogen and oxygen atoms in total. The molecule has 0 unspecified atom stereocenters. The average Bonchev–Trinajstić information content (AvgIpc) is 4.10. The van der Waals surface area contributed by atoms with Crippen molar-refractivity contribution in [1.29, 1.82) is 0 Å². The topological polar surface area (TPSA) is 104 Å². The first-order chi connectivity index (χ1) is 28.5. The van der Waals surface area contributed by atoms with Gasteiger partial charge in [-0.3, -0.25) is 19.4 Å². The van der Waals surface area contributed by atoms with E-state index in [9.17, 15) is 9.59 Å². The number of H-pyrrole nitrogens is 2. The van der Waals surface area contributed by atoms with E-state index in [1.807, 2.05) is 97.1 Å². The number of carbonyl (C=O) groups excluding carboxylic acids is 2. The number of rotatable bonds is 8. The molecular formula is C48H50N8O2. The Hall–Kier alpha value is -5.76. The van der Waals surface area contributed by atoms with Crippen LogP contribution in [-0.2, 0) is 22.4 Å². The maximum Gasteiger partial charge on any atom is 0.227 e. The van der Waals surface area contributed by atoms with Crippen molar-refractivity contribution in [3.8, 4) is 11.8 Å². The van der Waals surface area contributed by atoms with Crippen LogP contribution in [0.25, 0.3) is 22.1 Å². The zero-order valence-electron chi connectivity index (χ0n) is 32.9. The summed E-state index contributed by atoms with van der Waals surface area (Å²) in [6.07, 6.45) is 7.43. The van der Waals surface area contributed by atoms with Crippen LogP contribution in [-0.4, -0.2) is 103 Å². The zero-order valence-corrected chi connectivity index (χ0v) is 32.9. The van der Waals surface area contributed by atoms with E-state index in [2.05, 4.69) is 41.4 Å². The maximum absolute atomic E-state index is 13.8. The Morgan fingerprint density at radius 1 is 0.569 bits per heavy atom. The first-order valence-corrected chi connectivity index (χ1v) is 21.2. The minimum atomic E-state index is -0.0985. The largest absolute Gasteiger partial charge is 0.340 e. The minimum absolute atomic E-state index is 0.0985. The fraction of sp³-hybridized carbons (Fsp3) is 0.375. The summed E-state index contributed by atoms with van der Waals surface area (Å²) in [5, 5.41) is 0. The Labute approximate surface area is 339 Å². The number of hydrogen-bond acceptors (Lipinski definition) is 6. The lowest BCUT2D eigenvalue weighted by Crippen LogP contribution is -2.38. The molecular weight excluding hydrogens is 721 g/mol. The standard InChI is InChI=1S/C48H50N8O2/c57-45(27-33-11-3-1-4-12-33)55-31-37(53-21-7-8-22-53)29-43(55)47-49-39-19-17-35(25-41(39)51-47)15-16-36-18-20-40-42(26-36)52-48(50-40)44-30-38(54-23-9-10-24-54)32-56(44)46(58)28-34-13-5-2-6-14-34/h1-6,11-14,17-20,25-26,37-38,43-44H,7-10,21-24,27-32H2,(H,49,51)(H,50,52)/t37-,38-,43-,44-/m0/s1. The molecule has 6 heterocycles. The quantitative estimate of drug-likeness (QED) is 0.165. The van der Waals surface area contributed by atoms with Crippen LogP contribution in [0.3, 0.4) is 0 Å². The molecule has 10 heteroatoms. The molecule has 0 radical (unpaired) electrons. The van der Waals surface area contributed by atoms with Crippen LogP contribution < -0.4 is 0 Å². The van der Waals surface area contributed by atoms with E-state index in [4.69, 9.17) is 9.97 Å². The molecule has 2 amide bonds. The normalized spacial score (nSPS) is 22.6. The van der Waals surface area contributed by atoms with Crippen molar-refractivity contribution in [3.05, 3.63) is 131 Å². The van der Waals surface area contributed by atoms with E-state index >= 15 is 0 Å². The Morgan fingerprint density at radius 2 is 0.983 bits per heavy atom. The van der Waals surface area contributed by atoms with Crippen LogP contribution >= 0.6 is 0 Å². The molecule has 2 aromatic heterocycles. The molecule has 4 aliphatic rings. The van der Waals surface area contributed by atoms with Gasteiger partial charge in [0.15, 0.2) is 0 Å². The Bertz CT molecular complexity index is 2320. The van der Waals surface area contributed by atoms with E-state index < -0.39 is 0 Å². The van der Waals surface area contributed by atoms with Crippen LogP contribution in [0.15, 0.2) is 97.1 Å². The number of nitrogens with one attached hydrogen (secondary N) is 2. The van der Waals surface area contributed by atoms with Crippen LogP contribution in [0.1, 0.15) is 84.5 Å². The highest BCUT2D eigenvalue weighted by atomic mass is 16.2. The summed E-state index contributed by atoms with van der Waals surface area (Å²) >= 11 is 0. The Kier molecular flexibility index (Phi) is 10.0. The summed E-state index contributed by atoms with van der Waals surface area (Å²) in [4.78, 5) is 54.1. The Morgan fingerprint density at radius 3 is 1.40 bits per heavy atom. The molecule has 4 aliphatic heterocycles. The average molecular weight is 771 g/mol. The van der Waals surface area contributed by atoms with Crippen molar-refractivity contribution in [2.75, 3.05) is 39.3 Å².